The molecule has 2 aromatic rings. The second kappa shape index (κ2) is 5.50. The largest absolute Gasteiger partial charge is 0.330 e. The lowest BCUT2D eigenvalue weighted by Gasteiger charge is -2.17. The third-order valence-corrected chi connectivity index (χ3v) is 5.00. The van der Waals surface area contributed by atoms with Crippen LogP contribution < -0.4 is 11.1 Å². The number of rotatable bonds is 3. The normalized spacial score (nSPS) is 22.3. The molecule has 0 bridgehead atoms. The Bertz CT molecular complexity index is 637. The molecule has 1 aliphatic rings. The number of fused-ring (bicyclic) bond motifs is 1. The van der Waals surface area contributed by atoms with Crippen molar-refractivity contribution in [2.75, 3.05) is 11.9 Å². The van der Waals surface area contributed by atoms with Crippen LogP contribution in [0.25, 0.3) is 10.2 Å². The number of nitrogens with one attached hydrogen (secondary N) is 1. The molecule has 1 heterocycles. The number of thiazole rings is 1. The minimum atomic E-state index is 0.0684. The summed E-state index contributed by atoms with van der Waals surface area (Å²) in [6.45, 7) is 2.60. The molecule has 20 heavy (non-hydrogen) atoms. The zero-order valence-corrected chi connectivity index (χ0v) is 12.4. The molecule has 2 unspecified atom stereocenters. The predicted octanol–water partition coefficient (Wildman–Crippen LogP) is 2.92. The van der Waals surface area contributed by atoms with E-state index in [0.717, 1.165) is 40.2 Å². The molecule has 1 aliphatic carbocycles. The zero-order valence-electron chi connectivity index (χ0n) is 11.6. The van der Waals surface area contributed by atoms with Crippen LogP contribution in [0.1, 0.15) is 24.3 Å². The Morgan fingerprint density at radius 1 is 1.50 bits per heavy atom. The first-order chi connectivity index (χ1) is 9.67. The molecule has 1 saturated carbocycles. The summed E-state index contributed by atoms with van der Waals surface area (Å²) >= 11 is 1.65. The smallest absolute Gasteiger partial charge is 0.227 e. The maximum atomic E-state index is 12.3. The van der Waals surface area contributed by atoms with Crippen molar-refractivity contribution >= 4 is 33.1 Å². The van der Waals surface area contributed by atoms with Crippen molar-refractivity contribution in [2.45, 2.75) is 26.2 Å². The maximum Gasteiger partial charge on any atom is 0.227 e. The monoisotopic (exact) mass is 289 g/mol. The summed E-state index contributed by atoms with van der Waals surface area (Å²) in [5.41, 5.74) is 7.59. The number of aromatic nitrogens is 1. The molecule has 3 N–H and O–H groups in total. The summed E-state index contributed by atoms with van der Waals surface area (Å²) in [6.07, 6.45) is 3.13. The molecule has 4 nitrogen and oxygen atoms in total. The highest BCUT2D eigenvalue weighted by atomic mass is 32.1. The molecule has 0 saturated heterocycles. The lowest BCUT2D eigenvalue weighted by Crippen LogP contribution is -2.29. The van der Waals surface area contributed by atoms with Crippen LogP contribution in [0.2, 0.25) is 0 Å². The van der Waals surface area contributed by atoms with E-state index in [-0.39, 0.29) is 11.8 Å². The van der Waals surface area contributed by atoms with E-state index in [4.69, 9.17) is 5.73 Å². The Hall–Kier alpha value is -1.46. The summed E-state index contributed by atoms with van der Waals surface area (Å²) in [4.78, 5) is 16.8. The topological polar surface area (TPSA) is 68.0 Å². The van der Waals surface area contributed by atoms with Gasteiger partial charge in [0.05, 0.1) is 15.2 Å². The molecule has 1 fully saturated rings. The third kappa shape index (κ3) is 2.55. The standard InChI is InChI=1S/C15H19N3OS/c1-9-17-13-6-5-11(7-14(13)20-9)18-15(19)12-4-2-3-10(12)8-16/h5-7,10,12H,2-4,8,16H2,1H3,(H,18,19). The van der Waals surface area contributed by atoms with E-state index in [1.54, 1.807) is 11.3 Å². The van der Waals surface area contributed by atoms with E-state index in [1.807, 2.05) is 25.1 Å². The molecule has 0 aliphatic heterocycles. The average Bonchev–Trinajstić information content (AvgIpc) is 3.02. The highest BCUT2D eigenvalue weighted by Crippen LogP contribution is 2.32. The van der Waals surface area contributed by atoms with Gasteiger partial charge in [0.15, 0.2) is 0 Å². The molecule has 5 heteroatoms. The van der Waals surface area contributed by atoms with Gasteiger partial charge in [-0.1, -0.05) is 6.42 Å². The quantitative estimate of drug-likeness (QED) is 0.913. The van der Waals surface area contributed by atoms with Crippen LogP contribution >= 0.6 is 11.3 Å². The van der Waals surface area contributed by atoms with Crippen LogP contribution in [0.15, 0.2) is 18.2 Å². The van der Waals surface area contributed by atoms with Gasteiger partial charge in [0.1, 0.15) is 0 Å². The molecule has 3 rings (SSSR count). The van der Waals surface area contributed by atoms with Gasteiger partial charge in [-0.25, -0.2) is 4.98 Å². The molecule has 1 amide bonds. The predicted molar refractivity (Wildman–Crippen MR) is 82.9 cm³/mol. The number of hydrogen-bond donors (Lipinski definition) is 2. The summed E-state index contributed by atoms with van der Waals surface area (Å²) in [5, 5.41) is 4.08. The van der Waals surface area contributed by atoms with Gasteiger partial charge in [-0.2, -0.15) is 0 Å². The number of carbonyl (C=O) groups is 1. The summed E-state index contributed by atoms with van der Waals surface area (Å²) in [7, 11) is 0. The van der Waals surface area contributed by atoms with Crippen molar-refractivity contribution in [1.29, 1.82) is 0 Å². The molecule has 0 radical (unpaired) electrons. The fraction of sp³-hybridized carbons (Fsp3) is 0.467. The molecule has 0 spiro atoms. The fourth-order valence-corrected chi connectivity index (χ4v) is 3.88. The van der Waals surface area contributed by atoms with Crippen LogP contribution in [0, 0.1) is 18.8 Å². The van der Waals surface area contributed by atoms with E-state index >= 15 is 0 Å². The lowest BCUT2D eigenvalue weighted by atomic mass is 9.95. The van der Waals surface area contributed by atoms with Gasteiger partial charge >= 0.3 is 0 Å². The van der Waals surface area contributed by atoms with E-state index < -0.39 is 0 Å². The number of aryl methyl sites for hydroxylation is 1. The van der Waals surface area contributed by atoms with Crippen molar-refractivity contribution in [1.82, 2.24) is 4.98 Å². The van der Waals surface area contributed by atoms with Crippen LogP contribution in [0.5, 0.6) is 0 Å². The third-order valence-electron chi connectivity index (χ3n) is 4.06. The van der Waals surface area contributed by atoms with Gasteiger partial charge in [0.2, 0.25) is 5.91 Å². The average molecular weight is 289 g/mol. The molecule has 1 aromatic carbocycles. The first-order valence-corrected chi connectivity index (χ1v) is 7.87. The second-order valence-corrected chi connectivity index (χ2v) is 6.67. The van der Waals surface area contributed by atoms with Gasteiger partial charge in [-0.05, 0) is 50.4 Å². The Balaban J connectivity index is 1.76. The van der Waals surface area contributed by atoms with Crippen molar-refractivity contribution in [3.05, 3.63) is 23.2 Å². The fourth-order valence-electron chi connectivity index (χ4n) is 3.02. The van der Waals surface area contributed by atoms with E-state index in [9.17, 15) is 4.79 Å². The molecule has 106 valence electrons. The van der Waals surface area contributed by atoms with Crippen molar-refractivity contribution < 1.29 is 4.79 Å². The number of amides is 1. The first kappa shape index (κ1) is 13.5. The maximum absolute atomic E-state index is 12.3. The second-order valence-electron chi connectivity index (χ2n) is 5.44. The van der Waals surface area contributed by atoms with Gasteiger partial charge in [0, 0.05) is 11.6 Å². The van der Waals surface area contributed by atoms with Crippen molar-refractivity contribution in [3.63, 3.8) is 0 Å². The van der Waals surface area contributed by atoms with Gasteiger partial charge < -0.3 is 11.1 Å². The summed E-state index contributed by atoms with van der Waals surface area (Å²) in [5.74, 6) is 0.516. The van der Waals surface area contributed by atoms with Crippen LogP contribution in [0.4, 0.5) is 5.69 Å². The van der Waals surface area contributed by atoms with Gasteiger partial charge in [-0.15, -0.1) is 11.3 Å². The minimum absolute atomic E-state index is 0.0684. The number of nitrogens with zero attached hydrogens (tertiary/aromatic N) is 1. The Morgan fingerprint density at radius 3 is 3.15 bits per heavy atom. The van der Waals surface area contributed by atoms with Crippen LogP contribution in [-0.4, -0.2) is 17.4 Å². The minimum Gasteiger partial charge on any atom is -0.330 e. The van der Waals surface area contributed by atoms with Crippen molar-refractivity contribution in [3.8, 4) is 0 Å². The first-order valence-electron chi connectivity index (χ1n) is 7.05. The van der Waals surface area contributed by atoms with E-state index in [1.165, 1.54) is 0 Å². The Morgan fingerprint density at radius 2 is 2.35 bits per heavy atom. The lowest BCUT2D eigenvalue weighted by molar-refractivity contribution is -0.120. The number of anilines is 1. The zero-order chi connectivity index (χ0) is 14.1. The van der Waals surface area contributed by atoms with Crippen LogP contribution in [0.3, 0.4) is 0 Å². The number of carbonyl (C=O) groups excluding carboxylic acids is 1. The summed E-state index contributed by atoms with van der Waals surface area (Å²) in [6, 6.07) is 5.89. The van der Waals surface area contributed by atoms with E-state index in [0.29, 0.717) is 12.5 Å². The van der Waals surface area contributed by atoms with E-state index in [2.05, 4.69) is 10.3 Å². The Labute approximate surface area is 122 Å². The summed E-state index contributed by atoms with van der Waals surface area (Å²) < 4.78 is 1.11. The molecular formula is C15H19N3OS. The number of nitrogens with two attached hydrogens (primary N) is 1. The highest BCUT2D eigenvalue weighted by Gasteiger charge is 2.31. The van der Waals surface area contributed by atoms with Gasteiger partial charge in [-0.3, -0.25) is 4.79 Å². The van der Waals surface area contributed by atoms with Gasteiger partial charge in [0.25, 0.3) is 0 Å². The number of benzene rings is 1. The molecule has 2 atom stereocenters. The SMILES string of the molecule is Cc1nc2ccc(NC(=O)C3CCCC3CN)cc2s1. The Kier molecular flexibility index (Phi) is 3.72. The van der Waals surface area contributed by atoms with Crippen LogP contribution in [-0.2, 0) is 4.79 Å². The highest BCUT2D eigenvalue weighted by molar-refractivity contribution is 7.18. The number of hydrogen-bond acceptors (Lipinski definition) is 4. The molecular weight excluding hydrogens is 270 g/mol. The molecule has 1 aromatic heterocycles. The van der Waals surface area contributed by atoms with Crippen molar-refractivity contribution in [2.24, 2.45) is 17.6 Å².